The van der Waals surface area contributed by atoms with E-state index < -0.39 is 5.82 Å². The molecule has 3 N–H and O–H groups in total. The monoisotopic (exact) mass is 314 g/mol. The van der Waals surface area contributed by atoms with E-state index >= 15 is 0 Å². The van der Waals surface area contributed by atoms with Crippen molar-refractivity contribution in [3.63, 3.8) is 0 Å². The molecule has 0 aliphatic carbocycles. The predicted molar refractivity (Wildman–Crippen MR) is 75.4 cm³/mol. The molecule has 2 aromatic carbocycles. The second kappa shape index (κ2) is 5.98. The first-order valence-corrected chi connectivity index (χ1v) is 6.18. The van der Waals surface area contributed by atoms with E-state index in [1.54, 1.807) is 6.07 Å². The molecule has 0 fully saturated rings. The van der Waals surface area contributed by atoms with Gasteiger partial charge in [-0.2, -0.15) is 0 Å². The Morgan fingerprint density at radius 3 is 2.55 bits per heavy atom. The first-order valence-electron chi connectivity index (χ1n) is 5.42. The average molecular weight is 315 g/mol. The van der Waals surface area contributed by atoms with Crippen LogP contribution in [-0.4, -0.2) is 11.0 Å². The minimum absolute atomic E-state index is 0.0454. The van der Waals surface area contributed by atoms with E-state index in [0.717, 1.165) is 0 Å². The molecule has 0 amide bonds. The summed E-state index contributed by atoms with van der Waals surface area (Å²) in [6, 6.07) is 8.84. The second-order valence-corrected chi connectivity index (χ2v) is 4.60. The normalized spacial score (nSPS) is 11.4. The van der Waals surface area contributed by atoms with E-state index in [1.165, 1.54) is 30.3 Å². The van der Waals surface area contributed by atoms with E-state index in [2.05, 4.69) is 5.16 Å². The lowest BCUT2D eigenvalue weighted by Crippen LogP contribution is -2.12. The topological polar surface area (TPSA) is 67.8 Å². The quantitative estimate of drug-likeness (QED) is 0.389. The number of halogens is 3. The van der Waals surface area contributed by atoms with Crippen molar-refractivity contribution in [2.45, 2.75) is 0 Å². The molecule has 0 atom stereocenters. The molecule has 0 unspecified atom stereocenters. The van der Waals surface area contributed by atoms with Crippen LogP contribution in [0.1, 0.15) is 5.56 Å². The summed E-state index contributed by atoms with van der Waals surface area (Å²) < 4.78 is 19.1. The highest BCUT2D eigenvalue weighted by Crippen LogP contribution is 2.33. The third-order valence-electron chi connectivity index (χ3n) is 2.47. The van der Waals surface area contributed by atoms with Gasteiger partial charge in [-0.3, -0.25) is 0 Å². The number of nitrogens with zero attached hydrogens (tertiary/aromatic N) is 1. The van der Waals surface area contributed by atoms with Crippen LogP contribution in [0.25, 0.3) is 0 Å². The van der Waals surface area contributed by atoms with E-state index in [-0.39, 0.29) is 27.4 Å². The second-order valence-electron chi connectivity index (χ2n) is 3.78. The Hall–Kier alpha value is -1.98. The maximum absolute atomic E-state index is 13.7. The Labute approximate surface area is 124 Å². The van der Waals surface area contributed by atoms with Crippen LogP contribution in [0.2, 0.25) is 10.0 Å². The average Bonchev–Trinajstić information content (AvgIpc) is 2.45. The Bertz CT molecular complexity index is 677. The highest BCUT2D eigenvalue weighted by molar-refractivity contribution is 6.32. The third kappa shape index (κ3) is 2.95. The standard InChI is InChI=1S/C13H9Cl2FN2O2/c14-8-2-1-3-11(12(8)16)20-10-5-4-7(6-9(10)15)13(17)18-19/h1-6,19H,(H2,17,18). The summed E-state index contributed by atoms with van der Waals surface area (Å²) in [5.74, 6) is -0.587. The lowest BCUT2D eigenvalue weighted by atomic mass is 10.2. The first-order chi connectivity index (χ1) is 9.52. The van der Waals surface area contributed by atoms with Crippen LogP contribution in [0, 0.1) is 5.82 Å². The molecule has 0 aliphatic rings. The van der Waals surface area contributed by atoms with Gasteiger partial charge in [-0.15, -0.1) is 0 Å². The molecule has 0 radical (unpaired) electrons. The number of oxime groups is 1. The molecule has 7 heteroatoms. The molecule has 104 valence electrons. The Morgan fingerprint density at radius 1 is 1.15 bits per heavy atom. The number of amidine groups is 1. The van der Waals surface area contributed by atoms with Crippen LogP contribution in [0.5, 0.6) is 11.5 Å². The molecule has 0 heterocycles. The van der Waals surface area contributed by atoms with Crippen molar-refractivity contribution in [1.82, 2.24) is 0 Å². The van der Waals surface area contributed by atoms with Gasteiger partial charge in [-0.05, 0) is 30.3 Å². The molecule has 4 nitrogen and oxygen atoms in total. The van der Waals surface area contributed by atoms with Gasteiger partial charge < -0.3 is 15.7 Å². The van der Waals surface area contributed by atoms with Crippen molar-refractivity contribution in [3.8, 4) is 11.5 Å². The molecule has 0 aromatic heterocycles. The summed E-state index contributed by atoms with van der Waals surface area (Å²) in [6.45, 7) is 0. The zero-order valence-corrected chi connectivity index (χ0v) is 11.5. The summed E-state index contributed by atoms with van der Waals surface area (Å²) in [6.07, 6.45) is 0. The van der Waals surface area contributed by atoms with Gasteiger partial charge in [0, 0.05) is 5.56 Å². The Morgan fingerprint density at radius 2 is 1.90 bits per heavy atom. The van der Waals surface area contributed by atoms with E-state index in [1.807, 2.05) is 0 Å². The smallest absolute Gasteiger partial charge is 0.184 e. The van der Waals surface area contributed by atoms with Crippen molar-refractivity contribution in [1.29, 1.82) is 0 Å². The number of rotatable bonds is 3. The van der Waals surface area contributed by atoms with E-state index in [0.29, 0.717) is 5.56 Å². The fourth-order valence-electron chi connectivity index (χ4n) is 1.48. The minimum atomic E-state index is -0.675. The van der Waals surface area contributed by atoms with Gasteiger partial charge >= 0.3 is 0 Å². The summed E-state index contributed by atoms with van der Waals surface area (Å²) >= 11 is 11.7. The number of nitrogens with two attached hydrogens (primary N) is 1. The largest absolute Gasteiger partial charge is 0.453 e. The first kappa shape index (κ1) is 14.4. The highest BCUT2D eigenvalue weighted by atomic mass is 35.5. The van der Waals surface area contributed by atoms with Crippen molar-refractivity contribution < 1.29 is 14.3 Å². The van der Waals surface area contributed by atoms with Gasteiger partial charge in [0.1, 0.15) is 5.75 Å². The Balaban J connectivity index is 2.33. The summed E-state index contributed by atoms with van der Waals surface area (Å²) in [5.41, 5.74) is 5.85. The van der Waals surface area contributed by atoms with Crippen LogP contribution in [-0.2, 0) is 0 Å². The number of hydrogen-bond donors (Lipinski definition) is 2. The zero-order valence-electron chi connectivity index (χ0n) is 9.98. The molecule has 0 saturated carbocycles. The maximum atomic E-state index is 13.7. The predicted octanol–water partition coefficient (Wildman–Crippen LogP) is 4.02. The Kier molecular flexibility index (Phi) is 4.32. The molecule has 2 rings (SSSR count). The van der Waals surface area contributed by atoms with Crippen LogP contribution in [0.15, 0.2) is 41.6 Å². The highest BCUT2D eigenvalue weighted by Gasteiger charge is 2.11. The molecule has 20 heavy (non-hydrogen) atoms. The van der Waals surface area contributed by atoms with Crippen molar-refractivity contribution >= 4 is 29.0 Å². The van der Waals surface area contributed by atoms with Crippen molar-refractivity contribution in [3.05, 3.63) is 57.8 Å². The minimum Gasteiger partial charge on any atom is -0.453 e. The van der Waals surface area contributed by atoms with Crippen LogP contribution in [0.3, 0.4) is 0 Å². The van der Waals surface area contributed by atoms with Gasteiger partial charge in [0.2, 0.25) is 0 Å². The molecule has 0 bridgehead atoms. The summed E-state index contributed by atoms with van der Waals surface area (Å²) in [5, 5.41) is 11.6. The van der Waals surface area contributed by atoms with Crippen LogP contribution >= 0.6 is 23.2 Å². The molecular weight excluding hydrogens is 306 g/mol. The SMILES string of the molecule is N/C(=N/O)c1ccc(Oc2cccc(Cl)c2F)c(Cl)c1. The van der Waals surface area contributed by atoms with Gasteiger partial charge in [-0.1, -0.05) is 34.4 Å². The molecule has 0 aliphatic heterocycles. The van der Waals surface area contributed by atoms with Gasteiger partial charge in [0.15, 0.2) is 17.4 Å². The third-order valence-corrected chi connectivity index (χ3v) is 3.06. The summed E-state index contributed by atoms with van der Waals surface area (Å²) in [4.78, 5) is 0. The molecular formula is C13H9Cl2FN2O2. The molecule has 2 aromatic rings. The fraction of sp³-hybridized carbons (Fsp3) is 0. The van der Waals surface area contributed by atoms with Crippen molar-refractivity contribution in [2.75, 3.05) is 0 Å². The van der Waals surface area contributed by atoms with Gasteiger partial charge in [0.05, 0.1) is 10.0 Å². The van der Waals surface area contributed by atoms with E-state index in [9.17, 15) is 4.39 Å². The van der Waals surface area contributed by atoms with Crippen molar-refractivity contribution in [2.24, 2.45) is 10.9 Å². The molecule has 0 spiro atoms. The van der Waals surface area contributed by atoms with Gasteiger partial charge in [-0.25, -0.2) is 4.39 Å². The van der Waals surface area contributed by atoms with E-state index in [4.69, 9.17) is 38.9 Å². The van der Waals surface area contributed by atoms with Crippen LogP contribution in [0.4, 0.5) is 4.39 Å². The van der Waals surface area contributed by atoms with Gasteiger partial charge in [0.25, 0.3) is 0 Å². The zero-order chi connectivity index (χ0) is 14.7. The summed E-state index contributed by atoms with van der Waals surface area (Å²) in [7, 11) is 0. The maximum Gasteiger partial charge on any atom is 0.184 e. The van der Waals surface area contributed by atoms with Crippen LogP contribution < -0.4 is 10.5 Å². The lowest BCUT2D eigenvalue weighted by molar-refractivity contribution is 0.318. The number of hydrogen-bond acceptors (Lipinski definition) is 3. The number of benzene rings is 2. The molecule has 0 saturated heterocycles. The lowest BCUT2D eigenvalue weighted by Gasteiger charge is -2.10. The fourth-order valence-corrected chi connectivity index (χ4v) is 1.87. The number of ether oxygens (including phenoxy) is 1.